The normalized spacial score (nSPS) is 31.3. The molecule has 2 heteroatoms. The van der Waals surface area contributed by atoms with Gasteiger partial charge in [-0.3, -0.25) is 4.90 Å². The Morgan fingerprint density at radius 3 is 2.39 bits per heavy atom. The van der Waals surface area contributed by atoms with Crippen molar-refractivity contribution in [3.8, 4) is 0 Å². The minimum Gasteiger partial charge on any atom is -0.329 e. The first-order valence-electron chi connectivity index (χ1n) is 8.27. The van der Waals surface area contributed by atoms with Crippen LogP contribution in [0.25, 0.3) is 0 Å². The summed E-state index contributed by atoms with van der Waals surface area (Å²) < 4.78 is 0. The van der Waals surface area contributed by atoms with Crippen LogP contribution in [0.2, 0.25) is 0 Å². The van der Waals surface area contributed by atoms with E-state index in [-0.39, 0.29) is 0 Å². The van der Waals surface area contributed by atoms with E-state index in [1.165, 1.54) is 57.9 Å². The number of hydrogen-bond acceptors (Lipinski definition) is 2. The van der Waals surface area contributed by atoms with Gasteiger partial charge in [-0.05, 0) is 44.1 Å². The van der Waals surface area contributed by atoms with Crippen molar-refractivity contribution in [1.29, 1.82) is 0 Å². The van der Waals surface area contributed by atoms with E-state index in [0.717, 1.165) is 24.4 Å². The number of hydrogen-bond donors (Lipinski definition) is 1. The lowest BCUT2D eigenvalue weighted by molar-refractivity contribution is 0.00624. The molecular weight excluding hydrogens is 220 g/mol. The molecule has 1 aliphatic carbocycles. The number of rotatable bonds is 5. The van der Waals surface area contributed by atoms with Crippen molar-refractivity contribution in [2.75, 3.05) is 13.1 Å². The number of fused-ring (bicyclic) bond motifs is 1. The molecule has 18 heavy (non-hydrogen) atoms. The van der Waals surface area contributed by atoms with E-state index in [1.807, 2.05) is 0 Å². The summed E-state index contributed by atoms with van der Waals surface area (Å²) in [6, 6.07) is 1.51. The van der Waals surface area contributed by atoms with Gasteiger partial charge in [-0.15, -0.1) is 0 Å². The Kier molecular flexibility index (Phi) is 5.50. The molecule has 2 fully saturated rings. The van der Waals surface area contributed by atoms with Crippen LogP contribution in [0.15, 0.2) is 0 Å². The zero-order valence-corrected chi connectivity index (χ0v) is 12.4. The van der Waals surface area contributed by atoms with Gasteiger partial charge in [0.05, 0.1) is 0 Å². The highest BCUT2D eigenvalue weighted by atomic mass is 15.2. The molecule has 0 spiro atoms. The third-order valence-electron chi connectivity index (χ3n) is 5.55. The topological polar surface area (TPSA) is 29.3 Å². The van der Waals surface area contributed by atoms with Crippen molar-refractivity contribution in [2.45, 2.75) is 77.3 Å². The van der Waals surface area contributed by atoms with Gasteiger partial charge in [0.25, 0.3) is 0 Å². The van der Waals surface area contributed by atoms with Gasteiger partial charge in [0, 0.05) is 18.6 Å². The molecule has 2 nitrogen and oxygen atoms in total. The van der Waals surface area contributed by atoms with Crippen molar-refractivity contribution in [1.82, 2.24) is 4.90 Å². The molecule has 1 heterocycles. The van der Waals surface area contributed by atoms with Gasteiger partial charge in [0.15, 0.2) is 0 Å². The predicted octanol–water partition coefficient (Wildman–Crippen LogP) is 3.40. The van der Waals surface area contributed by atoms with Gasteiger partial charge in [-0.25, -0.2) is 0 Å². The highest BCUT2D eigenvalue weighted by Gasteiger charge is 2.37. The molecule has 0 amide bonds. The second kappa shape index (κ2) is 6.91. The number of nitrogens with two attached hydrogens (primary N) is 1. The van der Waals surface area contributed by atoms with Crippen molar-refractivity contribution in [2.24, 2.45) is 17.6 Å². The van der Waals surface area contributed by atoms with Gasteiger partial charge in [-0.1, -0.05) is 39.5 Å². The minimum atomic E-state index is 0.644. The van der Waals surface area contributed by atoms with E-state index in [0.29, 0.717) is 6.04 Å². The zero-order valence-electron chi connectivity index (χ0n) is 12.4. The Morgan fingerprint density at radius 2 is 1.72 bits per heavy atom. The molecule has 2 rings (SSSR count). The van der Waals surface area contributed by atoms with Crippen molar-refractivity contribution >= 4 is 0 Å². The summed E-state index contributed by atoms with van der Waals surface area (Å²) in [5, 5.41) is 0. The summed E-state index contributed by atoms with van der Waals surface area (Å²) in [6.45, 7) is 6.83. The van der Waals surface area contributed by atoms with E-state index in [2.05, 4.69) is 18.7 Å². The monoisotopic (exact) mass is 252 g/mol. The zero-order chi connectivity index (χ0) is 13.0. The maximum absolute atomic E-state index is 6.14. The average molecular weight is 252 g/mol. The van der Waals surface area contributed by atoms with Gasteiger partial charge in [-0.2, -0.15) is 0 Å². The molecule has 0 aromatic rings. The first-order valence-corrected chi connectivity index (χ1v) is 8.27. The quantitative estimate of drug-likeness (QED) is 0.812. The smallest absolute Gasteiger partial charge is 0.0249 e. The Hall–Kier alpha value is -0.0800. The predicted molar refractivity (Wildman–Crippen MR) is 78.6 cm³/mol. The molecule has 0 radical (unpaired) electrons. The van der Waals surface area contributed by atoms with Crippen LogP contribution in [0.5, 0.6) is 0 Å². The van der Waals surface area contributed by atoms with Crippen molar-refractivity contribution in [3.05, 3.63) is 0 Å². The molecule has 3 unspecified atom stereocenters. The van der Waals surface area contributed by atoms with Gasteiger partial charge >= 0.3 is 0 Å². The van der Waals surface area contributed by atoms with Crippen LogP contribution in [-0.4, -0.2) is 30.1 Å². The Morgan fingerprint density at radius 1 is 1.06 bits per heavy atom. The summed E-state index contributed by atoms with van der Waals surface area (Å²) in [4.78, 5) is 2.82. The first kappa shape index (κ1) is 14.3. The molecule has 0 aromatic heterocycles. The molecule has 2 aliphatic rings. The summed E-state index contributed by atoms with van der Waals surface area (Å²) >= 11 is 0. The van der Waals surface area contributed by atoms with Crippen LogP contribution in [0.3, 0.4) is 0 Å². The van der Waals surface area contributed by atoms with Crippen LogP contribution >= 0.6 is 0 Å². The van der Waals surface area contributed by atoms with Crippen LogP contribution in [0.4, 0.5) is 0 Å². The minimum absolute atomic E-state index is 0.644. The third-order valence-corrected chi connectivity index (χ3v) is 5.55. The van der Waals surface area contributed by atoms with Gasteiger partial charge in [0.2, 0.25) is 0 Å². The van der Waals surface area contributed by atoms with E-state index < -0.39 is 0 Å². The fourth-order valence-corrected chi connectivity index (χ4v) is 4.51. The van der Waals surface area contributed by atoms with Crippen LogP contribution in [0.1, 0.15) is 65.2 Å². The van der Waals surface area contributed by atoms with E-state index in [4.69, 9.17) is 5.73 Å². The number of likely N-dealkylation sites (tertiary alicyclic amines) is 1. The third kappa shape index (κ3) is 2.91. The summed E-state index contributed by atoms with van der Waals surface area (Å²) in [5.41, 5.74) is 6.14. The van der Waals surface area contributed by atoms with Gasteiger partial charge in [0.1, 0.15) is 0 Å². The van der Waals surface area contributed by atoms with Crippen LogP contribution < -0.4 is 5.73 Å². The lowest BCUT2D eigenvalue weighted by Crippen LogP contribution is -2.56. The molecule has 1 saturated carbocycles. The highest BCUT2D eigenvalue weighted by Crippen LogP contribution is 2.37. The molecule has 1 saturated heterocycles. The second-order valence-electron chi connectivity index (χ2n) is 6.37. The summed E-state index contributed by atoms with van der Waals surface area (Å²) in [5.74, 6) is 1.78. The molecule has 1 aliphatic heterocycles. The Labute approximate surface area is 113 Å². The number of nitrogens with zero attached hydrogens (tertiary/aromatic N) is 1. The average Bonchev–Trinajstić information content (AvgIpc) is 2.44. The second-order valence-corrected chi connectivity index (χ2v) is 6.37. The largest absolute Gasteiger partial charge is 0.329 e. The fourth-order valence-electron chi connectivity index (χ4n) is 4.51. The standard InChI is InChI=1S/C16H32N2/c1-3-13(4-2)16(12-17)18-11-7-9-14-8-5-6-10-15(14)18/h13-16H,3-12,17H2,1-2H3. The lowest BCUT2D eigenvalue weighted by atomic mass is 9.76. The van der Waals surface area contributed by atoms with Crippen molar-refractivity contribution in [3.63, 3.8) is 0 Å². The van der Waals surface area contributed by atoms with E-state index >= 15 is 0 Å². The maximum atomic E-state index is 6.14. The SMILES string of the molecule is CCC(CC)C(CN)N1CCCC2CCCCC21. The van der Waals surface area contributed by atoms with Crippen LogP contribution in [-0.2, 0) is 0 Å². The molecule has 0 bridgehead atoms. The van der Waals surface area contributed by atoms with Gasteiger partial charge < -0.3 is 5.73 Å². The Bertz CT molecular complexity index is 235. The van der Waals surface area contributed by atoms with Crippen molar-refractivity contribution < 1.29 is 0 Å². The molecular formula is C16H32N2. The molecule has 2 N–H and O–H groups in total. The molecule has 106 valence electrons. The maximum Gasteiger partial charge on any atom is 0.0249 e. The highest BCUT2D eigenvalue weighted by molar-refractivity contribution is 4.92. The van der Waals surface area contributed by atoms with E-state index in [9.17, 15) is 0 Å². The van der Waals surface area contributed by atoms with E-state index in [1.54, 1.807) is 0 Å². The fraction of sp³-hybridized carbons (Fsp3) is 1.00. The summed E-state index contributed by atoms with van der Waals surface area (Å²) in [7, 11) is 0. The molecule has 3 atom stereocenters. The summed E-state index contributed by atoms with van der Waals surface area (Å²) in [6.07, 6.45) is 11.3. The number of piperidine rings is 1. The first-order chi connectivity index (χ1) is 8.81. The molecule has 0 aromatic carbocycles. The Balaban J connectivity index is 2.07. The van der Waals surface area contributed by atoms with Crippen LogP contribution in [0, 0.1) is 11.8 Å². The lowest BCUT2D eigenvalue weighted by Gasteiger charge is -2.49.